The van der Waals surface area contributed by atoms with Gasteiger partial charge in [-0.3, -0.25) is 0 Å². The van der Waals surface area contributed by atoms with Crippen LogP contribution in [-0.2, 0) is 11.3 Å². The lowest BCUT2D eigenvalue weighted by Crippen LogP contribution is -2.46. The third kappa shape index (κ3) is 5.51. The van der Waals surface area contributed by atoms with Crippen molar-refractivity contribution < 1.29 is 41.8 Å². The summed E-state index contributed by atoms with van der Waals surface area (Å²) in [6, 6.07) is 9.68. The number of carboxylic acid groups (broad SMARTS) is 1. The lowest BCUT2D eigenvalue weighted by Gasteiger charge is -2.39. The van der Waals surface area contributed by atoms with E-state index in [4.69, 9.17) is 14.4 Å². The Balaban J connectivity index is 1.17. The SMILES string of the molecule is O=C(O)Oc1ccc(N2[C@@H]3CC[C@H]2C[C@@H](OCc2c(-c4ccccc4OC(F)(F)F)noc2C2CC2)C3)nc1. The maximum absolute atomic E-state index is 13.0. The van der Waals surface area contributed by atoms with Crippen LogP contribution in [0.4, 0.5) is 23.8 Å². The van der Waals surface area contributed by atoms with Gasteiger partial charge in [-0.15, -0.1) is 13.2 Å². The minimum Gasteiger partial charge on any atom is -0.449 e. The van der Waals surface area contributed by atoms with Gasteiger partial charge in [0.25, 0.3) is 0 Å². The van der Waals surface area contributed by atoms with Crippen molar-refractivity contribution in [2.24, 2.45) is 0 Å². The van der Waals surface area contributed by atoms with Crippen LogP contribution in [0.15, 0.2) is 47.1 Å². The van der Waals surface area contributed by atoms with E-state index in [0.717, 1.165) is 44.3 Å². The van der Waals surface area contributed by atoms with Crippen molar-refractivity contribution in [3.8, 4) is 22.8 Å². The molecule has 1 saturated carbocycles. The maximum atomic E-state index is 13.0. The number of para-hydroxylation sites is 1. The molecule has 206 valence electrons. The molecule has 1 N–H and O–H groups in total. The summed E-state index contributed by atoms with van der Waals surface area (Å²) in [6.07, 6.45) is 0.491. The van der Waals surface area contributed by atoms with Crippen LogP contribution in [0.3, 0.4) is 0 Å². The highest BCUT2D eigenvalue weighted by atomic mass is 19.4. The molecule has 3 fully saturated rings. The van der Waals surface area contributed by atoms with E-state index in [2.05, 4.69) is 24.5 Å². The quantitative estimate of drug-likeness (QED) is 0.327. The first-order valence-corrected chi connectivity index (χ1v) is 12.9. The van der Waals surface area contributed by atoms with E-state index < -0.39 is 12.5 Å². The second kappa shape index (κ2) is 10.1. The van der Waals surface area contributed by atoms with Crippen LogP contribution in [0, 0.1) is 0 Å². The Morgan fingerprint density at radius 3 is 2.46 bits per heavy atom. The molecule has 3 atom stereocenters. The Bertz CT molecular complexity index is 1330. The van der Waals surface area contributed by atoms with Gasteiger partial charge in [0.1, 0.15) is 23.0 Å². The van der Waals surface area contributed by atoms with Crippen LogP contribution in [0.1, 0.15) is 55.8 Å². The Morgan fingerprint density at radius 1 is 1.08 bits per heavy atom. The van der Waals surface area contributed by atoms with Gasteiger partial charge in [0.15, 0.2) is 5.75 Å². The molecule has 6 rings (SSSR count). The van der Waals surface area contributed by atoms with E-state index in [1.807, 2.05) is 0 Å². The third-order valence-electron chi connectivity index (χ3n) is 7.48. The highest BCUT2D eigenvalue weighted by Crippen LogP contribution is 2.46. The Hall–Kier alpha value is -3.80. The van der Waals surface area contributed by atoms with Gasteiger partial charge in [-0.05, 0) is 62.8 Å². The molecular weight excluding hydrogens is 519 g/mol. The zero-order valence-electron chi connectivity index (χ0n) is 20.8. The molecule has 0 radical (unpaired) electrons. The van der Waals surface area contributed by atoms with Crippen LogP contribution in [-0.4, -0.2) is 46.0 Å². The number of pyridine rings is 1. The summed E-state index contributed by atoms with van der Waals surface area (Å²) in [5.41, 5.74) is 1.19. The van der Waals surface area contributed by atoms with Crippen molar-refractivity contribution in [2.45, 2.75) is 75.6 Å². The predicted octanol–water partition coefficient (Wildman–Crippen LogP) is 6.29. The number of piperidine rings is 1. The van der Waals surface area contributed by atoms with Gasteiger partial charge in [-0.1, -0.05) is 17.3 Å². The number of hydrogen-bond donors (Lipinski definition) is 1. The van der Waals surface area contributed by atoms with E-state index >= 15 is 0 Å². The summed E-state index contributed by atoms with van der Waals surface area (Å²) in [5, 5.41) is 12.9. The van der Waals surface area contributed by atoms with E-state index in [9.17, 15) is 18.0 Å². The number of halogens is 3. The standard InChI is InChI=1S/C27H26F3N3O6/c28-27(29,30)38-22-4-2-1-3-20(22)24-21(25(39-32-24)15-5-6-15)14-36-19-11-16-7-8-17(12-19)33(16)23-10-9-18(13-31-23)37-26(34)35/h1-4,9-10,13,15-17,19H,5-8,11-12,14H2,(H,34,35)/t16-,17+,19+. The molecule has 3 aliphatic rings. The molecule has 0 spiro atoms. The fourth-order valence-electron chi connectivity index (χ4n) is 5.74. The normalized spacial score (nSPS) is 22.6. The number of rotatable bonds is 8. The molecular formula is C27H26F3N3O6. The summed E-state index contributed by atoms with van der Waals surface area (Å²) in [7, 11) is 0. The minimum absolute atomic E-state index is 0.0511. The smallest absolute Gasteiger partial charge is 0.449 e. The number of hydrogen-bond acceptors (Lipinski definition) is 8. The van der Waals surface area contributed by atoms with Crippen LogP contribution in [0.25, 0.3) is 11.3 Å². The van der Waals surface area contributed by atoms with Gasteiger partial charge in [0.05, 0.1) is 18.9 Å². The first-order valence-electron chi connectivity index (χ1n) is 12.9. The fourth-order valence-corrected chi connectivity index (χ4v) is 5.74. The van der Waals surface area contributed by atoms with Crippen molar-refractivity contribution in [3.63, 3.8) is 0 Å². The highest BCUT2D eigenvalue weighted by Gasteiger charge is 2.42. The molecule has 1 aliphatic carbocycles. The summed E-state index contributed by atoms with van der Waals surface area (Å²) in [4.78, 5) is 17.4. The van der Waals surface area contributed by atoms with Crippen LogP contribution in [0.5, 0.6) is 11.5 Å². The number of fused-ring (bicyclic) bond motifs is 2. The molecule has 2 saturated heterocycles. The molecule has 2 aliphatic heterocycles. The number of aromatic nitrogens is 2. The molecule has 2 bridgehead atoms. The van der Waals surface area contributed by atoms with Gasteiger partial charge in [-0.2, -0.15) is 0 Å². The predicted molar refractivity (Wildman–Crippen MR) is 131 cm³/mol. The molecule has 4 heterocycles. The summed E-state index contributed by atoms with van der Waals surface area (Å²) >= 11 is 0. The number of nitrogens with zero attached hydrogens (tertiary/aromatic N) is 3. The van der Waals surface area contributed by atoms with Crippen molar-refractivity contribution in [3.05, 3.63) is 53.9 Å². The Morgan fingerprint density at radius 2 is 1.82 bits per heavy atom. The number of benzene rings is 1. The van der Waals surface area contributed by atoms with Gasteiger partial charge >= 0.3 is 12.5 Å². The average molecular weight is 546 g/mol. The molecule has 3 aromatic rings. The largest absolute Gasteiger partial charge is 0.573 e. The molecule has 2 aromatic heterocycles. The maximum Gasteiger partial charge on any atom is 0.573 e. The van der Waals surface area contributed by atoms with Crippen LogP contribution in [0.2, 0.25) is 0 Å². The zero-order chi connectivity index (χ0) is 27.1. The lowest BCUT2D eigenvalue weighted by molar-refractivity contribution is -0.274. The molecule has 12 heteroatoms. The topological polar surface area (TPSA) is 107 Å². The van der Waals surface area contributed by atoms with Crippen LogP contribution < -0.4 is 14.4 Å². The van der Waals surface area contributed by atoms with Crippen molar-refractivity contribution in [2.75, 3.05) is 4.90 Å². The number of ether oxygens (including phenoxy) is 3. The van der Waals surface area contributed by atoms with Gasteiger partial charge in [-0.25, -0.2) is 9.78 Å². The molecule has 0 amide bonds. The summed E-state index contributed by atoms with van der Waals surface area (Å²) in [5.74, 6) is 1.45. The minimum atomic E-state index is -4.83. The van der Waals surface area contributed by atoms with Crippen molar-refractivity contribution in [1.82, 2.24) is 10.1 Å². The van der Waals surface area contributed by atoms with E-state index in [1.54, 1.807) is 18.2 Å². The number of alkyl halides is 3. The lowest BCUT2D eigenvalue weighted by atomic mass is 9.99. The van der Waals surface area contributed by atoms with E-state index in [1.165, 1.54) is 24.4 Å². The average Bonchev–Trinajstić information content (AvgIpc) is 3.59. The molecule has 0 unspecified atom stereocenters. The second-order valence-corrected chi connectivity index (χ2v) is 10.1. The Labute approximate surface area is 221 Å². The zero-order valence-corrected chi connectivity index (χ0v) is 20.8. The van der Waals surface area contributed by atoms with Crippen LogP contribution >= 0.6 is 0 Å². The van der Waals surface area contributed by atoms with E-state index in [0.29, 0.717) is 17.0 Å². The molecule has 9 nitrogen and oxygen atoms in total. The van der Waals surface area contributed by atoms with Crippen molar-refractivity contribution >= 4 is 12.0 Å². The summed E-state index contributed by atoms with van der Waals surface area (Å²) in [6.45, 7) is 0.175. The van der Waals surface area contributed by atoms with Gasteiger partial charge in [0, 0.05) is 29.1 Å². The molecule has 39 heavy (non-hydrogen) atoms. The fraction of sp³-hybridized carbons (Fsp3) is 0.444. The van der Waals surface area contributed by atoms with E-state index in [-0.39, 0.29) is 47.8 Å². The third-order valence-corrected chi connectivity index (χ3v) is 7.48. The van der Waals surface area contributed by atoms with Gasteiger partial charge < -0.3 is 28.7 Å². The van der Waals surface area contributed by atoms with Gasteiger partial charge in [0.2, 0.25) is 0 Å². The first-order chi connectivity index (χ1) is 18.7. The highest BCUT2D eigenvalue weighted by molar-refractivity contribution is 5.70. The Kier molecular flexibility index (Phi) is 6.57. The second-order valence-electron chi connectivity index (χ2n) is 10.1. The number of carbonyl (C=O) groups is 1. The summed E-state index contributed by atoms with van der Waals surface area (Å²) < 4.78 is 60.1. The number of anilines is 1. The first kappa shape index (κ1) is 25.5. The van der Waals surface area contributed by atoms with Crippen molar-refractivity contribution in [1.29, 1.82) is 0 Å². The monoisotopic (exact) mass is 545 g/mol. The molecule has 1 aromatic carbocycles.